The van der Waals surface area contributed by atoms with Crippen molar-refractivity contribution in [2.24, 2.45) is 5.41 Å². The summed E-state index contributed by atoms with van der Waals surface area (Å²) in [4.78, 5) is 0. The number of allylic oxidation sites excluding steroid dienone is 4. The van der Waals surface area contributed by atoms with Gasteiger partial charge in [0.1, 0.15) is 0 Å². The Hall–Kier alpha value is -2.08. The van der Waals surface area contributed by atoms with E-state index in [0.29, 0.717) is 11.8 Å². The standard InChI is InChI=1S/C31H40/c1-7-15-25-21(9-3)23-17-11-13-19-27(23)29(25)31(5,6)30-26(16-8-2)22(10-4)24-18-12-14-20-28(24)30/h11-14,17-20,29-30H,7-10,15-16H2,1-6H3. The van der Waals surface area contributed by atoms with Crippen LogP contribution in [0.5, 0.6) is 0 Å². The maximum absolute atomic E-state index is 2.57. The molecule has 2 unspecified atom stereocenters. The molecule has 2 aromatic carbocycles. The van der Waals surface area contributed by atoms with Gasteiger partial charge in [-0.2, -0.15) is 0 Å². The summed E-state index contributed by atoms with van der Waals surface area (Å²) in [6.45, 7) is 14.5. The minimum absolute atomic E-state index is 0.134. The largest absolute Gasteiger partial charge is 0.0651 e. The molecule has 0 aromatic heterocycles. The van der Waals surface area contributed by atoms with Gasteiger partial charge in [-0.3, -0.25) is 0 Å². The highest BCUT2D eigenvalue weighted by molar-refractivity contribution is 5.81. The Morgan fingerprint density at radius 2 is 1.00 bits per heavy atom. The second-order valence-corrected chi connectivity index (χ2v) is 10.1. The van der Waals surface area contributed by atoms with Crippen LogP contribution in [-0.2, 0) is 0 Å². The summed E-state index contributed by atoms with van der Waals surface area (Å²) in [5.74, 6) is 0.999. The van der Waals surface area contributed by atoms with Gasteiger partial charge in [0, 0.05) is 11.8 Å². The molecule has 0 fully saturated rings. The monoisotopic (exact) mass is 412 g/mol. The molecule has 0 heteroatoms. The Balaban J connectivity index is 1.93. The van der Waals surface area contributed by atoms with Crippen LogP contribution in [0.4, 0.5) is 0 Å². The van der Waals surface area contributed by atoms with Crippen LogP contribution in [0.25, 0.3) is 11.1 Å². The Kier molecular flexibility index (Phi) is 6.29. The SMILES string of the molecule is CCCC1=C(CC)c2ccccc2C1C(C)(C)C1C(CCC)=C(CC)c2ccccc21. The van der Waals surface area contributed by atoms with Crippen molar-refractivity contribution in [1.82, 2.24) is 0 Å². The molecule has 0 amide bonds. The van der Waals surface area contributed by atoms with Crippen molar-refractivity contribution in [1.29, 1.82) is 0 Å². The minimum Gasteiger partial charge on any atom is -0.0651 e. The van der Waals surface area contributed by atoms with E-state index in [0.717, 1.165) is 12.8 Å². The van der Waals surface area contributed by atoms with Gasteiger partial charge in [0.05, 0.1) is 0 Å². The molecule has 2 aliphatic rings. The highest BCUT2D eigenvalue weighted by Crippen LogP contribution is 2.62. The molecule has 2 aliphatic carbocycles. The molecule has 2 atom stereocenters. The van der Waals surface area contributed by atoms with Crippen molar-refractivity contribution >= 4 is 11.1 Å². The van der Waals surface area contributed by atoms with Gasteiger partial charge in [0.25, 0.3) is 0 Å². The fourth-order valence-electron chi connectivity index (χ4n) is 6.95. The summed E-state index contributed by atoms with van der Waals surface area (Å²) < 4.78 is 0. The molecular formula is C31H40. The average Bonchev–Trinajstić information content (AvgIpc) is 3.26. The van der Waals surface area contributed by atoms with Gasteiger partial charge in [-0.25, -0.2) is 0 Å². The van der Waals surface area contributed by atoms with Gasteiger partial charge in [-0.1, -0.05) is 114 Å². The number of benzene rings is 2. The van der Waals surface area contributed by atoms with Crippen LogP contribution in [0.2, 0.25) is 0 Å². The summed E-state index contributed by atoms with van der Waals surface area (Å²) in [7, 11) is 0. The third-order valence-corrected chi connectivity index (χ3v) is 7.90. The molecule has 31 heavy (non-hydrogen) atoms. The van der Waals surface area contributed by atoms with Crippen molar-refractivity contribution < 1.29 is 0 Å². The molecule has 0 saturated heterocycles. The van der Waals surface area contributed by atoms with Gasteiger partial charge >= 0.3 is 0 Å². The lowest BCUT2D eigenvalue weighted by atomic mass is 9.61. The van der Waals surface area contributed by atoms with Gasteiger partial charge < -0.3 is 0 Å². The first-order valence-corrected chi connectivity index (χ1v) is 12.6. The van der Waals surface area contributed by atoms with Crippen molar-refractivity contribution in [3.05, 3.63) is 81.9 Å². The van der Waals surface area contributed by atoms with Crippen LogP contribution in [0, 0.1) is 5.41 Å². The average molecular weight is 413 g/mol. The van der Waals surface area contributed by atoms with Gasteiger partial charge in [-0.05, 0) is 64.5 Å². The molecule has 0 bridgehead atoms. The lowest BCUT2D eigenvalue weighted by molar-refractivity contribution is 0.267. The van der Waals surface area contributed by atoms with Gasteiger partial charge in [0.15, 0.2) is 0 Å². The topological polar surface area (TPSA) is 0 Å². The molecule has 0 radical (unpaired) electrons. The molecule has 164 valence electrons. The zero-order valence-electron chi connectivity index (χ0n) is 20.5. The first-order valence-electron chi connectivity index (χ1n) is 12.6. The van der Waals surface area contributed by atoms with Crippen LogP contribution in [-0.4, -0.2) is 0 Å². The molecule has 2 aromatic rings. The first kappa shape index (κ1) is 22.1. The van der Waals surface area contributed by atoms with E-state index in [4.69, 9.17) is 0 Å². The molecule has 0 saturated carbocycles. The van der Waals surface area contributed by atoms with E-state index in [1.807, 2.05) is 0 Å². The Morgan fingerprint density at radius 1 is 0.613 bits per heavy atom. The number of hydrogen-bond donors (Lipinski definition) is 0. The third-order valence-electron chi connectivity index (χ3n) is 7.90. The van der Waals surface area contributed by atoms with E-state index in [-0.39, 0.29) is 5.41 Å². The van der Waals surface area contributed by atoms with E-state index in [2.05, 4.69) is 90.1 Å². The maximum Gasteiger partial charge on any atom is 0.0120 e. The Bertz CT molecular complexity index is 932. The molecule has 0 N–H and O–H groups in total. The lowest BCUT2D eigenvalue weighted by Gasteiger charge is -2.42. The zero-order chi connectivity index (χ0) is 22.2. The van der Waals surface area contributed by atoms with E-state index < -0.39 is 0 Å². The fourth-order valence-corrected chi connectivity index (χ4v) is 6.95. The maximum atomic E-state index is 2.57. The summed E-state index contributed by atoms with van der Waals surface area (Å²) in [5, 5.41) is 0. The van der Waals surface area contributed by atoms with E-state index >= 15 is 0 Å². The van der Waals surface area contributed by atoms with E-state index in [1.165, 1.54) is 36.8 Å². The van der Waals surface area contributed by atoms with Crippen LogP contribution in [0.1, 0.15) is 114 Å². The third kappa shape index (κ3) is 3.43. The van der Waals surface area contributed by atoms with E-state index in [1.54, 1.807) is 33.4 Å². The quantitative estimate of drug-likeness (QED) is 0.405. The molecular weight excluding hydrogens is 372 g/mol. The first-order chi connectivity index (χ1) is 15.0. The van der Waals surface area contributed by atoms with Crippen LogP contribution in [0.15, 0.2) is 59.7 Å². The molecule has 4 rings (SSSR count). The summed E-state index contributed by atoms with van der Waals surface area (Å²) in [6.07, 6.45) is 7.15. The Labute approximate surface area is 190 Å². The summed E-state index contributed by atoms with van der Waals surface area (Å²) >= 11 is 0. The van der Waals surface area contributed by atoms with E-state index in [9.17, 15) is 0 Å². The van der Waals surface area contributed by atoms with Crippen LogP contribution >= 0.6 is 0 Å². The number of hydrogen-bond acceptors (Lipinski definition) is 0. The summed E-state index contributed by atoms with van der Waals surface area (Å²) in [6, 6.07) is 18.6. The van der Waals surface area contributed by atoms with Crippen molar-refractivity contribution in [2.45, 2.75) is 91.9 Å². The predicted octanol–water partition coefficient (Wildman–Crippen LogP) is 9.53. The zero-order valence-corrected chi connectivity index (χ0v) is 20.5. The second kappa shape index (κ2) is 8.81. The smallest absolute Gasteiger partial charge is 0.0120 e. The lowest BCUT2D eigenvalue weighted by Crippen LogP contribution is -2.30. The van der Waals surface area contributed by atoms with Gasteiger partial charge in [-0.15, -0.1) is 0 Å². The fraction of sp³-hybridized carbons (Fsp3) is 0.484. The second-order valence-electron chi connectivity index (χ2n) is 10.1. The normalized spacial score (nSPS) is 20.5. The van der Waals surface area contributed by atoms with Crippen molar-refractivity contribution in [3.63, 3.8) is 0 Å². The Morgan fingerprint density at radius 3 is 1.35 bits per heavy atom. The highest BCUT2D eigenvalue weighted by Gasteiger charge is 2.48. The molecule has 0 nitrogen and oxygen atoms in total. The van der Waals surface area contributed by atoms with Crippen LogP contribution < -0.4 is 0 Å². The van der Waals surface area contributed by atoms with Crippen molar-refractivity contribution in [2.75, 3.05) is 0 Å². The van der Waals surface area contributed by atoms with Crippen molar-refractivity contribution in [3.8, 4) is 0 Å². The minimum atomic E-state index is 0.134. The highest BCUT2D eigenvalue weighted by atomic mass is 14.5. The summed E-state index contributed by atoms with van der Waals surface area (Å²) in [5.41, 5.74) is 13.0. The van der Waals surface area contributed by atoms with Gasteiger partial charge in [0.2, 0.25) is 0 Å². The number of fused-ring (bicyclic) bond motifs is 2. The molecule has 0 spiro atoms. The molecule has 0 heterocycles. The number of rotatable bonds is 8. The van der Waals surface area contributed by atoms with Crippen LogP contribution in [0.3, 0.4) is 0 Å². The predicted molar refractivity (Wildman–Crippen MR) is 136 cm³/mol. The molecule has 0 aliphatic heterocycles.